The molecule has 3 aliphatic rings. The Morgan fingerprint density at radius 1 is 0.978 bits per heavy atom. The number of benzene rings is 2. The third-order valence-electron chi connectivity index (χ3n) is 10.4. The van der Waals surface area contributed by atoms with Crippen molar-refractivity contribution < 1.29 is 39.6 Å². The molecule has 0 bridgehead atoms. The van der Waals surface area contributed by atoms with Crippen LogP contribution in [0, 0.1) is 28.1 Å². The molecular weight excluding hydrogens is 572 g/mol. The minimum absolute atomic E-state index is 0.0217. The van der Waals surface area contributed by atoms with Crippen LogP contribution in [0.4, 0.5) is 0 Å². The van der Waals surface area contributed by atoms with E-state index < -0.39 is 68.1 Å². The van der Waals surface area contributed by atoms with E-state index in [9.17, 15) is 39.6 Å². The molecule has 4 atom stereocenters. The van der Waals surface area contributed by atoms with Gasteiger partial charge in [0.1, 0.15) is 28.6 Å². The number of aliphatic hydroxyl groups excluding tert-OH is 2. The van der Waals surface area contributed by atoms with E-state index >= 15 is 0 Å². The highest BCUT2D eigenvalue weighted by molar-refractivity contribution is 6.24. The molecular formula is C37H42O8. The first kappa shape index (κ1) is 32.4. The molecule has 0 heterocycles. The summed E-state index contributed by atoms with van der Waals surface area (Å²) in [5.74, 6) is -5.39. The second-order valence-electron chi connectivity index (χ2n) is 15.0. The fourth-order valence-corrected chi connectivity index (χ4v) is 8.24. The van der Waals surface area contributed by atoms with Gasteiger partial charge in [-0.2, -0.15) is 0 Å². The summed E-state index contributed by atoms with van der Waals surface area (Å²) >= 11 is 0. The lowest BCUT2D eigenvalue weighted by Crippen LogP contribution is -2.69. The number of rotatable bonds is 5. The Hall–Kier alpha value is -4.04. The number of hydrogen-bond donors (Lipinski definition) is 4. The van der Waals surface area contributed by atoms with Crippen molar-refractivity contribution in [3.05, 3.63) is 70.0 Å². The zero-order valence-corrected chi connectivity index (χ0v) is 27.2. The van der Waals surface area contributed by atoms with Crippen LogP contribution in [0.15, 0.2) is 53.3 Å². The standard InChI is InChI=1S/C37H42O8/c1-18(2)28-30(41)26(19(3)38)32(43)37(45)33(44)29-31(42)27-23(16-35(29,7)17-36(28,37)8)22(13-14-24(27)39)21-11-9-20(10-12-21)15-25(40)34(4,5)6/h9-14,18,28,39,42-43,45H,15-17H2,1-8H3/t28?,35-,36-,37+/m1/s1. The predicted octanol–water partition coefficient (Wildman–Crippen LogP) is 6.01. The first-order valence-corrected chi connectivity index (χ1v) is 15.4. The Bertz CT molecular complexity index is 1730. The fourth-order valence-electron chi connectivity index (χ4n) is 8.24. The SMILES string of the molecule is CC(=O)C1=C(O)[C@]2(O)C(=O)C3=C(O)c4c(O)ccc(-c5ccc(CC(=O)C(C)(C)C)cc5)c4C[C@]3(C)C[C@]2(C)C(C(C)C)C1=O. The quantitative estimate of drug-likeness (QED) is 0.299. The molecule has 1 fully saturated rings. The van der Waals surface area contributed by atoms with Crippen LogP contribution in [0.25, 0.3) is 16.9 Å². The van der Waals surface area contributed by atoms with E-state index in [4.69, 9.17) is 0 Å². The van der Waals surface area contributed by atoms with Gasteiger partial charge in [-0.1, -0.05) is 78.8 Å². The van der Waals surface area contributed by atoms with E-state index in [1.165, 1.54) is 6.07 Å². The molecule has 0 spiro atoms. The molecule has 0 aromatic heterocycles. The lowest BCUT2D eigenvalue weighted by Gasteiger charge is -2.59. The molecule has 238 valence electrons. The van der Waals surface area contributed by atoms with Gasteiger partial charge in [0.25, 0.3) is 0 Å². The fraction of sp³-hybridized carbons (Fsp3) is 0.459. The molecule has 2 aromatic rings. The van der Waals surface area contributed by atoms with Crippen molar-refractivity contribution in [1.82, 2.24) is 0 Å². The highest BCUT2D eigenvalue weighted by Gasteiger charge is 2.72. The number of carbonyl (C=O) groups is 4. The van der Waals surface area contributed by atoms with Crippen LogP contribution in [-0.2, 0) is 32.0 Å². The third kappa shape index (κ3) is 4.51. The van der Waals surface area contributed by atoms with Crippen molar-refractivity contribution in [3.63, 3.8) is 0 Å². The Labute approximate surface area is 263 Å². The van der Waals surface area contributed by atoms with Crippen molar-refractivity contribution >= 4 is 28.9 Å². The maximum absolute atomic E-state index is 14.5. The number of phenolic OH excluding ortho intramolecular Hbond substituents is 1. The van der Waals surface area contributed by atoms with Crippen LogP contribution in [0.5, 0.6) is 5.75 Å². The minimum Gasteiger partial charge on any atom is -0.508 e. The minimum atomic E-state index is -2.65. The number of fused-ring (bicyclic) bond motifs is 3. The lowest BCUT2D eigenvalue weighted by molar-refractivity contribution is -0.178. The maximum atomic E-state index is 14.5. The lowest BCUT2D eigenvalue weighted by atomic mass is 9.43. The number of hydrogen-bond acceptors (Lipinski definition) is 8. The summed E-state index contributed by atoms with van der Waals surface area (Å²) in [6.45, 7) is 13.7. The number of carbonyl (C=O) groups excluding carboxylic acids is 4. The van der Waals surface area contributed by atoms with Crippen LogP contribution < -0.4 is 0 Å². The maximum Gasteiger partial charge on any atom is 0.203 e. The number of ketones is 4. The summed E-state index contributed by atoms with van der Waals surface area (Å²) in [6, 6.07) is 10.7. The molecule has 3 aliphatic carbocycles. The summed E-state index contributed by atoms with van der Waals surface area (Å²) in [7, 11) is 0. The van der Waals surface area contributed by atoms with E-state index in [1.54, 1.807) is 33.8 Å². The van der Waals surface area contributed by atoms with Gasteiger partial charge in [0.05, 0.1) is 5.56 Å². The van der Waals surface area contributed by atoms with Gasteiger partial charge < -0.3 is 20.4 Å². The monoisotopic (exact) mass is 614 g/mol. The Balaban J connectivity index is 1.70. The molecule has 2 aromatic carbocycles. The van der Waals surface area contributed by atoms with Crippen molar-refractivity contribution in [3.8, 4) is 16.9 Å². The molecule has 0 radical (unpaired) electrons. The Morgan fingerprint density at radius 2 is 1.58 bits per heavy atom. The van der Waals surface area contributed by atoms with Crippen molar-refractivity contribution in [2.75, 3.05) is 0 Å². The number of aliphatic hydroxyl groups is 3. The van der Waals surface area contributed by atoms with Crippen molar-refractivity contribution in [1.29, 1.82) is 0 Å². The van der Waals surface area contributed by atoms with Crippen LogP contribution in [-0.4, -0.2) is 49.2 Å². The second kappa shape index (κ2) is 10.2. The first-order valence-electron chi connectivity index (χ1n) is 15.4. The van der Waals surface area contributed by atoms with Crippen LogP contribution in [0.1, 0.15) is 78.5 Å². The van der Waals surface area contributed by atoms with E-state index in [1.807, 2.05) is 45.0 Å². The van der Waals surface area contributed by atoms with Gasteiger partial charge in [-0.05, 0) is 54.0 Å². The third-order valence-corrected chi connectivity index (χ3v) is 10.4. The summed E-state index contributed by atoms with van der Waals surface area (Å²) in [4.78, 5) is 53.3. The van der Waals surface area contributed by atoms with Gasteiger partial charge >= 0.3 is 0 Å². The molecule has 4 N–H and O–H groups in total. The summed E-state index contributed by atoms with van der Waals surface area (Å²) < 4.78 is 0. The van der Waals surface area contributed by atoms with Crippen LogP contribution in [0.3, 0.4) is 0 Å². The predicted molar refractivity (Wildman–Crippen MR) is 169 cm³/mol. The smallest absolute Gasteiger partial charge is 0.203 e. The highest BCUT2D eigenvalue weighted by Crippen LogP contribution is 2.65. The van der Waals surface area contributed by atoms with E-state index in [0.717, 1.165) is 18.1 Å². The number of aromatic hydroxyl groups is 1. The molecule has 1 unspecified atom stereocenters. The Morgan fingerprint density at radius 3 is 2.11 bits per heavy atom. The molecule has 8 nitrogen and oxygen atoms in total. The van der Waals surface area contributed by atoms with Gasteiger partial charge in [-0.15, -0.1) is 0 Å². The van der Waals surface area contributed by atoms with Crippen molar-refractivity contribution in [2.24, 2.45) is 28.1 Å². The molecule has 45 heavy (non-hydrogen) atoms. The molecule has 0 saturated heterocycles. The number of allylic oxidation sites excluding steroid dienone is 1. The summed E-state index contributed by atoms with van der Waals surface area (Å²) in [5.41, 5.74) is -3.52. The first-order chi connectivity index (χ1) is 20.7. The number of phenols is 1. The zero-order chi connectivity index (χ0) is 33.6. The summed E-state index contributed by atoms with van der Waals surface area (Å²) in [5, 5.41) is 46.3. The molecule has 1 saturated carbocycles. The van der Waals surface area contributed by atoms with Crippen LogP contribution >= 0.6 is 0 Å². The second-order valence-corrected chi connectivity index (χ2v) is 15.0. The average molecular weight is 615 g/mol. The molecule has 0 aliphatic heterocycles. The van der Waals surface area contributed by atoms with Gasteiger partial charge in [-0.3, -0.25) is 19.2 Å². The van der Waals surface area contributed by atoms with E-state index in [-0.39, 0.29) is 41.9 Å². The number of Topliss-reactive ketones (excluding diaryl/α,β-unsaturated/α-hetero) is 4. The van der Waals surface area contributed by atoms with Gasteiger partial charge in [0.2, 0.25) is 5.78 Å². The molecule has 0 amide bonds. The largest absolute Gasteiger partial charge is 0.508 e. The van der Waals surface area contributed by atoms with Crippen LogP contribution in [0.2, 0.25) is 0 Å². The Kier molecular flexibility index (Phi) is 7.36. The molecule has 8 heteroatoms. The van der Waals surface area contributed by atoms with E-state index in [0.29, 0.717) is 11.1 Å². The molecule has 5 rings (SSSR count). The zero-order valence-electron chi connectivity index (χ0n) is 27.2. The van der Waals surface area contributed by atoms with Gasteiger partial charge in [0, 0.05) is 34.2 Å². The summed E-state index contributed by atoms with van der Waals surface area (Å²) in [6.07, 6.45) is 0.485. The van der Waals surface area contributed by atoms with E-state index in [2.05, 4.69) is 0 Å². The normalized spacial score (nSPS) is 28.2. The van der Waals surface area contributed by atoms with Gasteiger partial charge in [-0.25, -0.2) is 0 Å². The highest BCUT2D eigenvalue weighted by atomic mass is 16.3. The van der Waals surface area contributed by atoms with Gasteiger partial charge in [0.15, 0.2) is 17.2 Å². The average Bonchev–Trinajstić information content (AvgIpc) is 2.90. The van der Waals surface area contributed by atoms with Crippen molar-refractivity contribution in [2.45, 2.75) is 80.3 Å². The topological polar surface area (TPSA) is 149 Å².